The smallest absolute Gasteiger partial charge is 0.324 e. The van der Waals surface area contributed by atoms with Gasteiger partial charge in [-0.2, -0.15) is 0 Å². The predicted molar refractivity (Wildman–Crippen MR) is 146 cm³/mol. The molecular formula is C30H33F2N5O4. The average molecular weight is 566 g/mol. The van der Waals surface area contributed by atoms with E-state index >= 15 is 0 Å². The van der Waals surface area contributed by atoms with Crippen LogP contribution in [0.5, 0.6) is 0 Å². The molecule has 11 heteroatoms. The number of amides is 5. The molecule has 3 saturated heterocycles. The van der Waals surface area contributed by atoms with Gasteiger partial charge in [-0.25, -0.2) is 13.6 Å². The Morgan fingerprint density at radius 2 is 1.76 bits per heavy atom. The zero-order valence-electron chi connectivity index (χ0n) is 23.1. The van der Waals surface area contributed by atoms with Gasteiger partial charge in [-0.3, -0.25) is 24.6 Å². The second kappa shape index (κ2) is 9.90. The van der Waals surface area contributed by atoms with Crippen molar-refractivity contribution in [1.29, 1.82) is 0 Å². The van der Waals surface area contributed by atoms with Crippen LogP contribution in [0.15, 0.2) is 36.4 Å². The summed E-state index contributed by atoms with van der Waals surface area (Å²) >= 11 is 0. The Bertz CT molecular complexity index is 1450. The fourth-order valence-corrected chi connectivity index (χ4v) is 7.39. The van der Waals surface area contributed by atoms with Gasteiger partial charge in [0.15, 0.2) is 0 Å². The molecule has 41 heavy (non-hydrogen) atoms. The van der Waals surface area contributed by atoms with Crippen molar-refractivity contribution in [3.8, 4) is 0 Å². The largest absolute Gasteiger partial charge is 0.325 e. The number of hydrogen-bond acceptors (Lipinski definition) is 5. The number of nitrogens with one attached hydrogen (secondary N) is 2. The van der Waals surface area contributed by atoms with Gasteiger partial charge >= 0.3 is 6.03 Å². The first-order valence-corrected chi connectivity index (χ1v) is 14.1. The maximum Gasteiger partial charge on any atom is 0.324 e. The number of rotatable bonds is 5. The highest BCUT2D eigenvalue weighted by Gasteiger charge is 2.55. The van der Waals surface area contributed by atoms with Crippen LogP contribution in [0.3, 0.4) is 0 Å². The molecule has 1 aliphatic carbocycles. The van der Waals surface area contributed by atoms with Crippen molar-refractivity contribution in [2.24, 2.45) is 0 Å². The minimum Gasteiger partial charge on any atom is -0.325 e. The number of halogens is 2. The summed E-state index contributed by atoms with van der Waals surface area (Å²) in [5, 5.41) is 5.25. The monoisotopic (exact) mass is 565 g/mol. The number of fused-ring (bicyclic) bond motifs is 1. The Hall–Kier alpha value is -3.86. The summed E-state index contributed by atoms with van der Waals surface area (Å²) in [6.45, 7) is 3.21. The first kappa shape index (κ1) is 27.3. The minimum atomic E-state index is -0.976. The number of likely N-dealkylation sites (N-methyl/N-ethyl adjacent to an activating group) is 2. The number of nitrogens with zero attached hydrogens (tertiary/aromatic N) is 3. The second-order valence-electron chi connectivity index (χ2n) is 11.6. The van der Waals surface area contributed by atoms with Gasteiger partial charge in [-0.05, 0) is 79.7 Å². The molecule has 3 atom stereocenters. The van der Waals surface area contributed by atoms with Crippen molar-refractivity contribution in [1.82, 2.24) is 20.0 Å². The summed E-state index contributed by atoms with van der Waals surface area (Å²) in [5.41, 5.74) is 0.908. The summed E-state index contributed by atoms with van der Waals surface area (Å²) in [7, 11) is 1.60. The van der Waals surface area contributed by atoms with E-state index in [-0.39, 0.29) is 18.4 Å². The molecule has 0 aromatic heterocycles. The molecule has 6 rings (SSSR count). The van der Waals surface area contributed by atoms with Crippen LogP contribution < -0.4 is 10.6 Å². The third-order valence-corrected chi connectivity index (χ3v) is 9.50. The van der Waals surface area contributed by atoms with E-state index in [0.29, 0.717) is 49.9 Å². The van der Waals surface area contributed by atoms with Crippen molar-refractivity contribution in [2.75, 3.05) is 32.0 Å². The Balaban J connectivity index is 1.24. The van der Waals surface area contributed by atoms with Gasteiger partial charge in [0.05, 0.1) is 6.04 Å². The molecule has 0 radical (unpaired) electrons. The molecule has 3 aliphatic heterocycles. The molecule has 216 valence electrons. The SMILES string of the molecule is CCN1CCC[C@]12CC[C@@H](c1cc(F)cc(F)c1)N(CC(=O)Nc1ccc3c(c1)C[C@@]1(C3)C(=O)NC(=O)N1C)C2=O. The molecule has 3 fully saturated rings. The number of anilines is 1. The molecule has 2 aromatic rings. The second-order valence-corrected chi connectivity index (χ2v) is 11.6. The van der Waals surface area contributed by atoms with Crippen molar-refractivity contribution in [2.45, 2.75) is 62.6 Å². The molecule has 0 bridgehead atoms. The van der Waals surface area contributed by atoms with Gasteiger partial charge in [0.25, 0.3) is 5.91 Å². The van der Waals surface area contributed by atoms with Gasteiger partial charge < -0.3 is 15.1 Å². The summed E-state index contributed by atoms with van der Waals surface area (Å²) in [6.07, 6.45) is 3.29. The lowest BCUT2D eigenvalue weighted by Crippen LogP contribution is -2.61. The van der Waals surface area contributed by atoms with E-state index in [1.807, 2.05) is 13.0 Å². The molecule has 0 unspecified atom stereocenters. The molecule has 0 saturated carbocycles. The first-order chi connectivity index (χ1) is 19.6. The van der Waals surface area contributed by atoms with Crippen LogP contribution in [-0.2, 0) is 27.2 Å². The minimum absolute atomic E-state index is 0.191. The van der Waals surface area contributed by atoms with Crippen LogP contribution in [0.1, 0.15) is 55.3 Å². The maximum absolute atomic E-state index is 14.2. The molecule has 5 amide bonds. The molecule has 2 spiro atoms. The lowest BCUT2D eigenvalue weighted by molar-refractivity contribution is -0.153. The van der Waals surface area contributed by atoms with Crippen molar-refractivity contribution >= 4 is 29.4 Å². The number of piperidine rings is 1. The molecule has 2 aromatic carbocycles. The third kappa shape index (κ3) is 4.37. The van der Waals surface area contributed by atoms with E-state index in [1.165, 1.54) is 21.9 Å². The number of likely N-dealkylation sites (tertiary alicyclic amines) is 2. The van der Waals surface area contributed by atoms with E-state index < -0.39 is 40.7 Å². The van der Waals surface area contributed by atoms with Crippen molar-refractivity contribution in [3.05, 3.63) is 64.7 Å². The van der Waals surface area contributed by atoms with Crippen LogP contribution in [-0.4, -0.2) is 76.2 Å². The maximum atomic E-state index is 14.2. The van der Waals surface area contributed by atoms with Crippen LogP contribution in [0, 0.1) is 11.6 Å². The number of carbonyl (C=O) groups excluding carboxylic acids is 4. The van der Waals surface area contributed by atoms with E-state index in [2.05, 4.69) is 15.5 Å². The summed E-state index contributed by atoms with van der Waals surface area (Å²) < 4.78 is 28.4. The molecule has 2 N–H and O–H groups in total. The van der Waals surface area contributed by atoms with Crippen molar-refractivity contribution < 1.29 is 28.0 Å². The fraction of sp³-hybridized carbons (Fsp3) is 0.467. The standard InChI is InChI=1S/C30H33F2N5O4/c1-3-36-10-4-8-29(36)9-7-24(19-11-21(31)14-22(32)12-19)37(27(29)40)17-25(38)33-23-6-5-18-15-30(16-20(18)13-23)26(39)34-28(41)35(30)2/h5-6,11-14,24H,3-4,7-10,15-17H2,1-2H3,(H,33,38)(H,34,39,41)/t24-,29+,30-/m0/s1. The topological polar surface area (TPSA) is 102 Å². The van der Waals surface area contributed by atoms with E-state index in [1.54, 1.807) is 19.2 Å². The van der Waals surface area contributed by atoms with Gasteiger partial charge in [-0.15, -0.1) is 0 Å². The number of carbonyl (C=O) groups is 4. The van der Waals surface area contributed by atoms with Crippen LogP contribution in [0.25, 0.3) is 0 Å². The van der Waals surface area contributed by atoms with Gasteiger partial charge in [-0.1, -0.05) is 13.0 Å². The lowest BCUT2D eigenvalue weighted by Gasteiger charge is -2.48. The average Bonchev–Trinajstić information content (AvgIpc) is 3.57. The van der Waals surface area contributed by atoms with Crippen LogP contribution in [0.4, 0.5) is 19.3 Å². The van der Waals surface area contributed by atoms with E-state index in [4.69, 9.17) is 0 Å². The lowest BCUT2D eigenvalue weighted by atomic mass is 9.80. The van der Waals surface area contributed by atoms with Gasteiger partial charge in [0.1, 0.15) is 29.3 Å². The molecule has 4 aliphatic rings. The van der Waals surface area contributed by atoms with Crippen molar-refractivity contribution in [3.63, 3.8) is 0 Å². The highest BCUT2D eigenvalue weighted by Crippen LogP contribution is 2.44. The number of benzene rings is 2. The van der Waals surface area contributed by atoms with Crippen LogP contribution in [0.2, 0.25) is 0 Å². The number of hydrogen-bond donors (Lipinski definition) is 2. The highest BCUT2D eigenvalue weighted by atomic mass is 19.1. The molecular weight excluding hydrogens is 532 g/mol. The first-order valence-electron chi connectivity index (χ1n) is 14.1. The summed E-state index contributed by atoms with van der Waals surface area (Å²) in [4.78, 5) is 57.3. The Kier molecular flexibility index (Phi) is 6.60. The zero-order valence-corrected chi connectivity index (χ0v) is 23.1. The Morgan fingerprint density at radius 1 is 1.02 bits per heavy atom. The third-order valence-electron chi connectivity index (χ3n) is 9.50. The van der Waals surface area contributed by atoms with Gasteiger partial charge in [0.2, 0.25) is 11.8 Å². The highest BCUT2D eigenvalue weighted by molar-refractivity contribution is 6.07. The summed E-state index contributed by atoms with van der Waals surface area (Å²) in [5.74, 6) is -2.42. The predicted octanol–water partition coefficient (Wildman–Crippen LogP) is 3.14. The molecule has 3 heterocycles. The normalized spacial score (nSPS) is 27.7. The zero-order chi connectivity index (χ0) is 29.1. The summed E-state index contributed by atoms with van der Waals surface area (Å²) in [6, 6.07) is 7.54. The fourth-order valence-electron chi connectivity index (χ4n) is 7.39. The number of imide groups is 1. The van der Waals surface area contributed by atoms with E-state index in [0.717, 1.165) is 30.2 Å². The Labute approximate surface area is 236 Å². The van der Waals surface area contributed by atoms with E-state index in [9.17, 15) is 28.0 Å². The Morgan fingerprint density at radius 3 is 2.44 bits per heavy atom. The molecule has 9 nitrogen and oxygen atoms in total. The quantitative estimate of drug-likeness (QED) is 0.543. The van der Waals surface area contributed by atoms with Gasteiger partial charge in [0, 0.05) is 31.6 Å². The number of urea groups is 1. The van der Waals surface area contributed by atoms with Crippen LogP contribution >= 0.6 is 0 Å².